The maximum absolute atomic E-state index is 12.2. The lowest BCUT2D eigenvalue weighted by Crippen LogP contribution is -1.98. The van der Waals surface area contributed by atoms with Crippen molar-refractivity contribution in [1.29, 1.82) is 0 Å². The topological polar surface area (TPSA) is 39.2 Å². The monoisotopic (exact) mass is 291 g/mol. The summed E-state index contributed by atoms with van der Waals surface area (Å²) >= 11 is 12.0. The second-order valence-corrected chi connectivity index (χ2v) is 4.77. The third-order valence-corrected chi connectivity index (χ3v) is 3.34. The molecule has 0 spiro atoms. The molecule has 0 atom stereocenters. The molecule has 0 bridgehead atoms. The number of nitrogens with zero attached hydrogens (tertiary/aromatic N) is 1. The number of Topliss-reactive ketones (excluding diaryl/α,β-unsaturated/α-hetero) is 1. The Morgan fingerprint density at radius 3 is 2.42 bits per heavy atom. The minimum absolute atomic E-state index is 0.205. The van der Waals surface area contributed by atoms with Crippen LogP contribution in [0.25, 0.3) is 6.08 Å². The third kappa shape index (κ3) is 2.11. The molecule has 0 saturated heterocycles. The van der Waals surface area contributed by atoms with Gasteiger partial charge in [-0.1, -0.05) is 23.2 Å². The van der Waals surface area contributed by atoms with E-state index in [9.17, 15) is 4.79 Å². The smallest absolute Gasteiger partial charge is 0.233 e. The number of benzene rings is 1. The van der Waals surface area contributed by atoms with Crippen LogP contribution in [-0.4, -0.2) is 10.8 Å². The molecule has 2 aromatic rings. The molecule has 1 aliphatic heterocycles. The number of hydrogen-bond acceptors (Lipinski definition) is 3. The van der Waals surface area contributed by atoms with Crippen LogP contribution < -0.4 is 4.74 Å². The van der Waals surface area contributed by atoms with Crippen LogP contribution in [0.4, 0.5) is 0 Å². The van der Waals surface area contributed by atoms with Gasteiger partial charge in [-0.05, 0) is 35.9 Å². The number of rotatable bonds is 1. The van der Waals surface area contributed by atoms with Gasteiger partial charge in [0, 0.05) is 12.4 Å². The van der Waals surface area contributed by atoms with Crippen LogP contribution in [-0.2, 0) is 0 Å². The summed E-state index contributed by atoms with van der Waals surface area (Å²) in [5, 5.41) is 0.702. The quantitative estimate of drug-likeness (QED) is 0.746. The standard InChI is InChI=1S/C14H7Cl2NO2/c15-9-1-2-10(16)14-12(9)13(18)11(19-14)7-8-3-5-17-6-4-8/h1-7H. The fraction of sp³-hybridized carbons (Fsp3) is 0. The minimum Gasteiger partial charge on any atom is -0.451 e. The molecule has 1 aliphatic rings. The second-order valence-electron chi connectivity index (χ2n) is 3.95. The minimum atomic E-state index is -0.265. The van der Waals surface area contributed by atoms with Crippen molar-refractivity contribution in [3.05, 3.63) is 63.6 Å². The molecule has 0 aliphatic carbocycles. The highest BCUT2D eigenvalue weighted by molar-refractivity contribution is 6.39. The van der Waals surface area contributed by atoms with Crippen LogP contribution in [0.15, 0.2) is 42.4 Å². The van der Waals surface area contributed by atoms with E-state index in [0.29, 0.717) is 21.4 Å². The van der Waals surface area contributed by atoms with E-state index >= 15 is 0 Å². The largest absolute Gasteiger partial charge is 0.451 e. The number of aromatic nitrogens is 1. The molecular formula is C14H7Cl2NO2. The van der Waals surface area contributed by atoms with Crippen LogP contribution in [0.1, 0.15) is 15.9 Å². The summed E-state index contributed by atoms with van der Waals surface area (Å²) in [5.41, 5.74) is 1.13. The summed E-state index contributed by atoms with van der Waals surface area (Å²) in [6.07, 6.45) is 4.91. The summed E-state index contributed by atoms with van der Waals surface area (Å²) in [5.74, 6) is 0.259. The Hall–Kier alpha value is -1.84. The molecule has 1 aromatic heterocycles. The van der Waals surface area contributed by atoms with E-state index in [0.717, 1.165) is 5.56 Å². The second kappa shape index (κ2) is 4.68. The van der Waals surface area contributed by atoms with Crippen LogP contribution in [0.5, 0.6) is 5.75 Å². The fourth-order valence-electron chi connectivity index (χ4n) is 1.83. The molecule has 19 heavy (non-hydrogen) atoms. The first-order valence-corrected chi connectivity index (χ1v) is 6.24. The summed E-state index contributed by atoms with van der Waals surface area (Å²) in [6, 6.07) is 6.73. The molecule has 2 heterocycles. The summed E-state index contributed by atoms with van der Waals surface area (Å²) in [7, 11) is 0. The van der Waals surface area contributed by atoms with Gasteiger partial charge in [0.25, 0.3) is 0 Å². The van der Waals surface area contributed by atoms with E-state index in [1.807, 2.05) is 0 Å². The predicted octanol–water partition coefficient (Wildman–Crippen LogP) is 4.00. The average Bonchev–Trinajstić information content (AvgIpc) is 2.74. The molecule has 3 nitrogen and oxygen atoms in total. The van der Waals surface area contributed by atoms with Crippen molar-refractivity contribution in [1.82, 2.24) is 4.98 Å². The highest BCUT2D eigenvalue weighted by Crippen LogP contribution is 2.41. The fourth-order valence-corrected chi connectivity index (χ4v) is 2.26. The van der Waals surface area contributed by atoms with Gasteiger partial charge in [0.1, 0.15) is 0 Å². The lowest BCUT2D eigenvalue weighted by molar-refractivity contribution is 0.101. The van der Waals surface area contributed by atoms with Crippen molar-refractivity contribution in [2.24, 2.45) is 0 Å². The molecule has 5 heteroatoms. The average molecular weight is 292 g/mol. The summed E-state index contributed by atoms with van der Waals surface area (Å²) in [4.78, 5) is 16.1. The number of ether oxygens (including phenoxy) is 1. The molecule has 1 aromatic carbocycles. The molecule has 0 radical (unpaired) electrons. The lowest BCUT2D eigenvalue weighted by atomic mass is 10.1. The summed E-state index contributed by atoms with van der Waals surface area (Å²) < 4.78 is 5.51. The van der Waals surface area contributed by atoms with Crippen LogP contribution in [0.3, 0.4) is 0 Å². The molecule has 3 rings (SSSR count). The van der Waals surface area contributed by atoms with Gasteiger partial charge in [0.2, 0.25) is 5.78 Å². The molecule has 94 valence electrons. The van der Waals surface area contributed by atoms with Gasteiger partial charge < -0.3 is 4.74 Å². The maximum Gasteiger partial charge on any atom is 0.233 e. The zero-order valence-corrected chi connectivity index (χ0v) is 11.1. The Kier molecular flexibility index (Phi) is 3.01. The number of ketones is 1. The molecular weight excluding hydrogens is 285 g/mol. The van der Waals surface area contributed by atoms with E-state index in [1.54, 1.807) is 42.7 Å². The molecule has 0 amide bonds. The number of carbonyl (C=O) groups is 1. The number of hydrogen-bond donors (Lipinski definition) is 0. The number of carbonyl (C=O) groups excluding carboxylic acids is 1. The van der Waals surface area contributed by atoms with Crippen molar-refractivity contribution < 1.29 is 9.53 Å². The Balaban J connectivity index is 2.07. The zero-order chi connectivity index (χ0) is 13.4. The van der Waals surface area contributed by atoms with Gasteiger partial charge in [0.15, 0.2) is 11.5 Å². The first kappa shape index (κ1) is 12.2. The highest BCUT2D eigenvalue weighted by atomic mass is 35.5. The maximum atomic E-state index is 12.2. The molecule has 0 N–H and O–H groups in total. The summed E-state index contributed by atoms with van der Waals surface area (Å²) in [6.45, 7) is 0. The van der Waals surface area contributed by atoms with Crippen molar-refractivity contribution in [2.45, 2.75) is 0 Å². The van der Waals surface area contributed by atoms with Gasteiger partial charge in [-0.3, -0.25) is 9.78 Å². The van der Waals surface area contributed by atoms with E-state index in [2.05, 4.69) is 4.98 Å². The van der Waals surface area contributed by atoms with Crippen LogP contribution in [0.2, 0.25) is 10.0 Å². The lowest BCUT2D eigenvalue weighted by Gasteiger charge is -2.01. The molecule has 0 fully saturated rings. The van der Waals surface area contributed by atoms with E-state index < -0.39 is 0 Å². The van der Waals surface area contributed by atoms with Crippen molar-refractivity contribution in [3.8, 4) is 5.75 Å². The first-order chi connectivity index (χ1) is 9.16. The predicted molar refractivity (Wildman–Crippen MR) is 73.6 cm³/mol. The Labute approximate surface area is 119 Å². The van der Waals surface area contributed by atoms with Gasteiger partial charge >= 0.3 is 0 Å². The normalized spacial score (nSPS) is 15.5. The van der Waals surface area contributed by atoms with Gasteiger partial charge in [-0.15, -0.1) is 0 Å². The Bertz CT molecular complexity index is 696. The highest BCUT2D eigenvalue weighted by Gasteiger charge is 2.31. The van der Waals surface area contributed by atoms with E-state index in [1.165, 1.54) is 0 Å². The van der Waals surface area contributed by atoms with Crippen molar-refractivity contribution in [3.63, 3.8) is 0 Å². The van der Waals surface area contributed by atoms with E-state index in [4.69, 9.17) is 27.9 Å². The molecule has 0 saturated carbocycles. The van der Waals surface area contributed by atoms with E-state index in [-0.39, 0.29) is 11.5 Å². The van der Waals surface area contributed by atoms with Gasteiger partial charge in [0.05, 0.1) is 15.6 Å². The SMILES string of the molecule is O=C1C(=Cc2ccncc2)Oc2c(Cl)ccc(Cl)c21. The number of halogens is 2. The van der Waals surface area contributed by atoms with Crippen molar-refractivity contribution >= 4 is 35.1 Å². The number of fused-ring (bicyclic) bond motifs is 1. The Morgan fingerprint density at radius 2 is 1.74 bits per heavy atom. The van der Waals surface area contributed by atoms with Gasteiger partial charge in [-0.25, -0.2) is 0 Å². The van der Waals surface area contributed by atoms with Gasteiger partial charge in [-0.2, -0.15) is 0 Å². The zero-order valence-electron chi connectivity index (χ0n) is 9.56. The van der Waals surface area contributed by atoms with Crippen molar-refractivity contribution in [2.75, 3.05) is 0 Å². The Morgan fingerprint density at radius 1 is 1.05 bits per heavy atom. The number of pyridine rings is 1. The number of allylic oxidation sites excluding steroid dienone is 1. The first-order valence-electron chi connectivity index (χ1n) is 5.49. The third-order valence-electron chi connectivity index (χ3n) is 2.73. The molecule has 0 unspecified atom stereocenters. The van der Waals surface area contributed by atoms with Crippen LogP contribution >= 0.6 is 23.2 Å². The van der Waals surface area contributed by atoms with Crippen LogP contribution in [0, 0.1) is 0 Å².